The van der Waals surface area contributed by atoms with E-state index in [1.54, 1.807) is 12.2 Å². The molecule has 5 rings (SSSR count). The van der Waals surface area contributed by atoms with Crippen LogP contribution in [0, 0.1) is 58.2 Å². The van der Waals surface area contributed by atoms with Crippen LogP contribution in [0.15, 0.2) is 36.4 Å². The molecule has 0 amide bonds. The molecule has 0 radical (unpaired) electrons. The molecule has 0 aromatic heterocycles. The highest BCUT2D eigenvalue weighted by molar-refractivity contribution is 5.98. The van der Waals surface area contributed by atoms with Gasteiger partial charge in [-0.3, -0.25) is 0 Å². The third-order valence-corrected chi connectivity index (χ3v) is 7.09. The number of rotatable bonds is 6. The number of benzene rings is 3. The van der Waals surface area contributed by atoms with Crippen LogP contribution in [-0.4, -0.2) is 25.2 Å². The van der Waals surface area contributed by atoms with Gasteiger partial charge in [0.25, 0.3) is 0 Å². The molecule has 0 saturated heterocycles. The van der Waals surface area contributed by atoms with Crippen molar-refractivity contribution >= 4 is 11.9 Å². The zero-order valence-electron chi connectivity index (χ0n) is 25.1. The van der Waals surface area contributed by atoms with E-state index >= 15 is 0 Å². The van der Waals surface area contributed by atoms with Crippen LogP contribution < -0.4 is 9.47 Å². The van der Waals surface area contributed by atoms with Crippen molar-refractivity contribution in [1.29, 1.82) is 0 Å². The van der Waals surface area contributed by atoms with Crippen LogP contribution >= 0.6 is 0 Å². The summed E-state index contributed by atoms with van der Waals surface area (Å²) in [6.07, 6.45) is 5.84. The highest BCUT2D eigenvalue weighted by Gasteiger charge is 2.30. The Balaban J connectivity index is 1.70. The molecule has 3 aromatic carbocycles. The van der Waals surface area contributed by atoms with Crippen LogP contribution in [0.3, 0.4) is 0 Å². The van der Waals surface area contributed by atoms with Gasteiger partial charge < -0.3 is 18.9 Å². The maximum atomic E-state index is 14.2. The number of carbonyl (C=O) groups is 2. The van der Waals surface area contributed by atoms with Gasteiger partial charge in [0.2, 0.25) is 11.6 Å². The molecule has 0 unspecified atom stereocenters. The van der Waals surface area contributed by atoms with Gasteiger partial charge in [0.1, 0.15) is 35.8 Å². The van der Waals surface area contributed by atoms with Crippen LogP contribution in [0.1, 0.15) is 63.9 Å². The number of carbonyl (C=O) groups excluding carboxylic acids is 2. The van der Waals surface area contributed by atoms with Crippen LogP contribution in [0.5, 0.6) is 11.5 Å². The molecule has 0 aliphatic carbocycles. The third-order valence-electron chi connectivity index (χ3n) is 7.09. The Hall–Kier alpha value is -5.02. The number of esters is 2. The second-order valence-corrected chi connectivity index (χ2v) is 10.5. The first-order valence-corrected chi connectivity index (χ1v) is 14.4. The Morgan fingerprint density at radius 1 is 0.592 bits per heavy atom. The molecule has 0 saturated carbocycles. The fourth-order valence-corrected chi connectivity index (χ4v) is 4.46. The van der Waals surface area contributed by atoms with E-state index in [2.05, 4.69) is 6.58 Å². The first-order chi connectivity index (χ1) is 23.2. The summed E-state index contributed by atoms with van der Waals surface area (Å²) in [5.41, 5.74) is -3.20. The molecule has 0 spiro atoms. The van der Waals surface area contributed by atoms with Crippen molar-refractivity contribution in [3.05, 3.63) is 117 Å². The van der Waals surface area contributed by atoms with Crippen LogP contribution in [0.2, 0.25) is 0 Å². The van der Waals surface area contributed by atoms with Gasteiger partial charge in [0.15, 0.2) is 46.5 Å². The molecule has 0 atom stereocenters. The summed E-state index contributed by atoms with van der Waals surface area (Å²) >= 11 is 0. The largest absolute Gasteiger partial charge is 0.493 e. The maximum Gasteiger partial charge on any atom is 0.342 e. The van der Waals surface area contributed by atoms with Crippen molar-refractivity contribution in [3.63, 3.8) is 0 Å². The van der Waals surface area contributed by atoms with E-state index in [1.807, 2.05) is 0 Å². The Bertz CT molecular complexity index is 1770. The van der Waals surface area contributed by atoms with Gasteiger partial charge >= 0.3 is 11.9 Å². The average Bonchev–Trinajstić information content (AvgIpc) is 3.08. The van der Waals surface area contributed by atoms with E-state index in [1.165, 1.54) is 0 Å². The SMILES string of the molecule is C=C1/C=C\CCCOc2cc(C(=O)OCc3c(F)c(F)c(F)c(F)c3F)c(cc2C(=O)OCc2c(F)c(F)c(F)c(F)c2F)OCCCC1. The van der Waals surface area contributed by atoms with Gasteiger partial charge in [-0.25, -0.2) is 53.5 Å². The molecule has 2 aliphatic rings. The van der Waals surface area contributed by atoms with Crippen molar-refractivity contribution < 1.29 is 72.4 Å². The van der Waals surface area contributed by atoms with Crippen molar-refractivity contribution in [2.75, 3.05) is 13.2 Å². The summed E-state index contributed by atoms with van der Waals surface area (Å²) in [6, 6.07) is 1.74. The van der Waals surface area contributed by atoms with E-state index in [-0.39, 0.29) is 13.2 Å². The topological polar surface area (TPSA) is 71.1 Å². The molecule has 3 aromatic rings. The fourth-order valence-electron chi connectivity index (χ4n) is 4.46. The number of halogens is 10. The smallest absolute Gasteiger partial charge is 0.342 e. The van der Waals surface area contributed by atoms with Gasteiger partial charge in [0, 0.05) is 0 Å². The summed E-state index contributed by atoms with van der Waals surface area (Å²) in [6.45, 7) is 0.822. The zero-order valence-corrected chi connectivity index (χ0v) is 25.1. The molecular weight excluding hydrogens is 682 g/mol. The lowest BCUT2D eigenvalue weighted by atomic mass is 10.1. The van der Waals surface area contributed by atoms with E-state index in [4.69, 9.17) is 18.9 Å². The van der Waals surface area contributed by atoms with E-state index in [9.17, 15) is 53.5 Å². The lowest BCUT2D eigenvalue weighted by Crippen LogP contribution is -2.16. The summed E-state index contributed by atoms with van der Waals surface area (Å²) in [7, 11) is 0. The minimum Gasteiger partial charge on any atom is -0.493 e. The molecule has 0 fully saturated rings. The highest BCUT2D eigenvalue weighted by atomic mass is 19.2. The maximum absolute atomic E-state index is 14.2. The van der Waals surface area contributed by atoms with Crippen LogP contribution in [-0.2, 0) is 22.7 Å². The van der Waals surface area contributed by atoms with E-state index < -0.39 is 117 Å². The van der Waals surface area contributed by atoms with Crippen molar-refractivity contribution in [1.82, 2.24) is 0 Å². The molecule has 2 aliphatic heterocycles. The van der Waals surface area contributed by atoms with E-state index in [0.29, 0.717) is 32.1 Å². The number of hydrogen-bond donors (Lipinski definition) is 0. The first-order valence-electron chi connectivity index (χ1n) is 14.4. The predicted molar refractivity (Wildman–Crippen MR) is 149 cm³/mol. The molecule has 262 valence electrons. The third kappa shape index (κ3) is 8.17. The molecule has 0 N–H and O–H groups in total. The minimum atomic E-state index is -2.43. The number of fused-ring (bicyclic) bond motifs is 12. The van der Waals surface area contributed by atoms with Crippen molar-refractivity contribution in [2.45, 2.75) is 45.3 Å². The molecule has 2 bridgehead atoms. The monoisotopic (exact) mass is 706 g/mol. The standard InChI is InChI=1S/C33H24F10O6/c1-15-7-3-2-5-9-46-20-11-17(33(45)49-14-19-24(36)28(40)31(43)29(41)25(19)37)21(47-10-6-4-8-15)12-16(20)32(44)48-13-18-22(34)26(38)30(42)27(39)23(18)35/h3,7,11-12H,1-2,4-6,8-10,13-14H2/b7-3-. The Labute approximate surface area is 271 Å². The van der Waals surface area contributed by atoms with E-state index in [0.717, 1.165) is 17.7 Å². The van der Waals surface area contributed by atoms with Gasteiger partial charge in [-0.1, -0.05) is 24.3 Å². The molecular formula is C33H24F10O6. The van der Waals surface area contributed by atoms with Crippen molar-refractivity contribution in [2.24, 2.45) is 0 Å². The second-order valence-electron chi connectivity index (χ2n) is 10.5. The quantitative estimate of drug-likeness (QED) is 0.111. The lowest BCUT2D eigenvalue weighted by molar-refractivity contribution is 0.0439. The normalized spacial score (nSPS) is 14.6. The van der Waals surface area contributed by atoms with Gasteiger partial charge in [-0.05, 0) is 44.2 Å². The molecule has 6 nitrogen and oxygen atoms in total. The Morgan fingerprint density at radius 2 is 0.980 bits per heavy atom. The minimum absolute atomic E-state index is 0.117. The van der Waals surface area contributed by atoms with Crippen LogP contribution in [0.4, 0.5) is 43.9 Å². The Kier molecular flexibility index (Phi) is 12.0. The number of ether oxygens (including phenoxy) is 4. The van der Waals surface area contributed by atoms with Gasteiger partial charge in [-0.2, -0.15) is 0 Å². The van der Waals surface area contributed by atoms with Crippen LogP contribution in [0.25, 0.3) is 0 Å². The number of allylic oxidation sites excluding steroid dienone is 3. The number of hydrogen-bond acceptors (Lipinski definition) is 6. The predicted octanol–water partition coefficient (Wildman–Crippen LogP) is 8.63. The molecule has 16 heteroatoms. The fraction of sp³-hybridized carbons (Fsp3) is 0.273. The first kappa shape index (κ1) is 36.8. The van der Waals surface area contributed by atoms with Gasteiger partial charge in [0.05, 0.1) is 24.3 Å². The van der Waals surface area contributed by atoms with Gasteiger partial charge in [-0.15, -0.1) is 0 Å². The average molecular weight is 707 g/mol. The summed E-state index contributed by atoms with van der Waals surface area (Å²) in [5, 5.41) is 0. The summed E-state index contributed by atoms with van der Waals surface area (Å²) < 4.78 is 159. The summed E-state index contributed by atoms with van der Waals surface area (Å²) in [4.78, 5) is 26.3. The Morgan fingerprint density at radius 3 is 1.41 bits per heavy atom. The zero-order chi connectivity index (χ0) is 36.0. The second kappa shape index (κ2) is 15.9. The summed E-state index contributed by atoms with van der Waals surface area (Å²) in [5.74, 6) is -26.7. The molecule has 49 heavy (non-hydrogen) atoms. The van der Waals surface area contributed by atoms with Crippen molar-refractivity contribution in [3.8, 4) is 11.5 Å². The molecule has 2 heterocycles. The highest BCUT2D eigenvalue weighted by Crippen LogP contribution is 2.33. The lowest BCUT2D eigenvalue weighted by Gasteiger charge is -2.18.